The number of sulfonamides is 1. The van der Waals surface area contributed by atoms with Crippen molar-refractivity contribution in [3.63, 3.8) is 0 Å². The van der Waals surface area contributed by atoms with Crippen LogP contribution in [0.2, 0.25) is 0 Å². The molecule has 2 aromatic carbocycles. The number of methoxy groups -OCH3 is 1. The number of ether oxygens (including phenoxy) is 1. The minimum atomic E-state index is -4.21. The van der Waals surface area contributed by atoms with Crippen molar-refractivity contribution in [1.29, 1.82) is 0 Å². The van der Waals surface area contributed by atoms with Gasteiger partial charge in [-0.2, -0.15) is 4.31 Å². The first-order valence-electron chi connectivity index (χ1n) is 8.71. The van der Waals surface area contributed by atoms with Crippen LogP contribution in [0.3, 0.4) is 0 Å². The monoisotopic (exact) mass is 396 g/mol. The third kappa shape index (κ3) is 4.45. The average Bonchev–Trinajstić information content (AvgIpc) is 2.88. The lowest BCUT2D eigenvalue weighted by Gasteiger charge is -2.22. The Morgan fingerprint density at radius 3 is 2.26 bits per heavy atom. The van der Waals surface area contributed by atoms with Crippen LogP contribution in [0.5, 0.6) is 5.75 Å². The molecular weight excluding hydrogens is 374 g/mol. The zero-order chi connectivity index (χ0) is 19.4. The molecule has 0 aliphatic carbocycles. The Morgan fingerprint density at radius 2 is 1.63 bits per heavy atom. The Morgan fingerprint density at radius 1 is 0.963 bits per heavy atom. The number of hydrogen-bond acceptors (Lipinski definition) is 4. The lowest BCUT2D eigenvalue weighted by molar-refractivity contribution is 0.278. The van der Waals surface area contributed by atoms with Crippen molar-refractivity contribution in [2.75, 3.05) is 33.3 Å². The van der Waals surface area contributed by atoms with Gasteiger partial charge < -0.3 is 4.74 Å². The summed E-state index contributed by atoms with van der Waals surface area (Å²) in [4.78, 5) is 1.27. The maximum absolute atomic E-state index is 14.0. The van der Waals surface area contributed by atoms with Crippen LogP contribution < -0.4 is 4.74 Å². The summed E-state index contributed by atoms with van der Waals surface area (Å²) in [6.07, 6.45) is 0.589. The Balaban J connectivity index is 1.70. The van der Waals surface area contributed by atoms with Crippen LogP contribution in [-0.4, -0.2) is 50.9 Å². The molecular formula is C19H22F2N2O3S. The minimum absolute atomic E-state index is 0.187. The standard InChI is InChI=1S/C19H22F2N2O3S/c1-26-16-8-6-15(7-9-16)14-22-10-3-11-23(13-12-22)27(24,25)19-17(20)4-2-5-18(19)21/h2,4-9H,3,10-14H2,1H3. The van der Waals surface area contributed by atoms with Gasteiger partial charge in [-0.1, -0.05) is 18.2 Å². The fourth-order valence-corrected chi connectivity index (χ4v) is 4.77. The highest BCUT2D eigenvalue weighted by Gasteiger charge is 2.31. The molecule has 3 rings (SSSR count). The van der Waals surface area contributed by atoms with E-state index in [1.165, 1.54) is 4.31 Å². The van der Waals surface area contributed by atoms with Crippen molar-refractivity contribution < 1.29 is 21.9 Å². The summed E-state index contributed by atoms with van der Waals surface area (Å²) < 4.78 is 59.7. The van der Waals surface area contributed by atoms with E-state index in [2.05, 4.69) is 4.90 Å². The lowest BCUT2D eigenvalue weighted by Crippen LogP contribution is -2.36. The Bertz CT molecular complexity index is 868. The molecule has 0 atom stereocenters. The second kappa shape index (κ2) is 8.33. The van der Waals surface area contributed by atoms with E-state index in [1.54, 1.807) is 7.11 Å². The SMILES string of the molecule is COc1ccc(CN2CCCN(S(=O)(=O)c3c(F)cccc3F)CC2)cc1. The topological polar surface area (TPSA) is 49.9 Å². The van der Waals surface area contributed by atoms with Gasteiger partial charge >= 0.3 is 0 Å². The Labute approximate surface area is 158 Å². The quantitative estimate of drug-likeness (QED) is 0.780. The molecule has 0 saturated carbocycles. The van der Waals surface area contributed by atoms with E-state index < -0.39 is 26.6 Å². The Hall–Kier alpha value is -2.03. The van der Waals surface area contributed by atoms with Gasteiger partial charge in [-0.15, -0.1) is 0 Å². The molecule has 0 unspecified atom stereocenters. The molecule has 0 spiro atoms. The summed E-state index contributed by atoms with van der Waals surface area (Å²) in [7, 11) is -2.60. The summed E-state index contributed by atoms with van der Waals surface area (Å²) in [6.45, 7) is 2.28. The average molecular weight is 396 g/mol. The third-order valence-corrected chi connectivity index (χ3v) is 6.58. The van der Waals surface area contributed by atoms with Crippen molar-refractivity contribution >= 4 is 10.0 Å². The molecule has 27 heavy (non-hydrogen) atoms. The predicted octanol–water partition coefficient (Wildman–Crippen LogP) is 2.87. The van der Waals surface area contributed by atoms with Gasteiger partial charge in [0.15, 0.2) is 4.90 Å². The largest absolute Gasteiger partial charge is 0.497 e. The second-order valence-electron chi connectivity index (χ2n) is 6.43. The van der Waals surface area contributed by atoms with Crippen LogP contribution in [-0.2, 0) is 16.6 Å². The van der Waals surface area contributed by atoms with E-state index in [9.17, 15) is 17.2 Å². The number of rotatable bonds is 5. The Kier molecular flexibility index (Phi) is 6.08. The van der Waals surface area contributed by atoms with E-state index >= 15 is 0 Å². The molecule has 1 aliphatic rings. The molecule has 0 N–H and O–H groups in total. The molecule has 0 aromatic heterocycles. The van der Waals surface area contributed by atoms with Crippen LogP contribution in [0.4, 0.5) is 8.78 Å². The first kappa shape index (κ1) is 19.7. The third-order valence-electron chi connectivity index (χ3n) is 4.63. The highest BCUT2D eigenvalue weighted by atomic mass is 32.2. The lowest BCUT2D eigenvalue weighted by atomic mass is 10.2. The van der Waals surface area contributed by atoms with Crippen LogP contribution in [0.25, 0.3) is 0 Å². The van der Waals surface area contributed by atoms with Crippen molar-refractivity contribution in [2.24, 2.45) is 0 Å². The van der Waals surface area contributed by atoms with Gasteiger partial charge in [0.1, 0.15) is 17.4 Å². The highest BCUT2D eigenvalue weighted by molar-refractivity contribution is 7.89. The van der Waals surface area contributed by atoms with E-state index in [0.29, 0.717) is 26.1 Å². The van der Waals surface area contributed by atoms with Gasteiger partial charge in [-0.25, -0.2) is 17.2 Å². The predicted molar refractivity (Wildman–Crippen MR) is 98.0 cm³/mol. The van der Waals surface area contributed by atoms with Gasteiger partial charge in [-0.3, -0.25) is 4.90 Å². The summed E-state index contributed by atoms with van der Waals surface area (Å²) >= 11 is 0. The zero-order valence-electron chi connectivity index (χ0n) is 15.1. The normalized spacial score (nSPS) is 16.9. The first-order valence-corrected chi connectivity index (χ1v) is 10.2. The molecule has 2 aromatic rings. The van der Waals surface area contributed by atoms with Crippen molar-refractivity contribution in [1.82, 2.24) is 9.21 Å². The second-order valence-corrected chi connectivity index (χ2v) is 8.31. The minimum Gasteiger partial charge on any atom is -0.497 e. The summed E-state index contributed by atoms with van der Waals surface area (Å²) in [5.74, 6) is -1.34. The van der Waals surface area contributed by atoms with Crippen molar-refractivity contribution in [2.45, 2.75) is 17.9 Å². The molecule has 1 heterocycles. The molecule has 146 valence electrons. The van der Waals surface area contributed by atoms with Crippen molar-refractivity contribution in [3.8, 4) is 5.75 Å². The number of halogens is 2. The molecule has 1 fully saturated rings. The highest BCUT2D eigenvalue weighted by Crippen LogP contribution is 2.24. The van der Waals surface area contributed by atoms with Gasteiger partial charge in [-0.05, 0) is 42.8 Å². The fraction of sp³-hybridized carbons (Fsp3) is 0.368. The van der Waals surface area contributed by atoms with Crippen LogP contribution >= 0.6 is 0 Å². The van der Waals surface area contributed by atoms with Crippen LogP contribution in [0.15, 0.2) is 47.4 Å². The maximum atomic E-state index is 14.0. The molecule has 8 heteroatoms. The van der Waals surface area contributed by atoms with Gasteiger partial charge in [0.25, 0.3) is 0 Å². The molecule has 1 aliphatic heterocycles. The number of benzene rings is 2. The maximum Gasteiger partial charge on any atom is 0.248 e. The van der Waals surface area contributed by atoms with Gasteiger partial charge in [0, 0.05) is 26.2 Å². The van der Waals surface area contributed by atoms with E-state index in [-0.39, 0.29) is 13.1 Å². The van der Waals surface area contributed by atoms with E-state index in [1.807, 2.05) is 24.3 Å². The summed E-state index contributed by atoms with van der Waals surface area (Å²) in [6, 6.07) is 10.8. The van der Waals surface area contributed by atoms with E-state index in [4.69, 9.17) is 4.74 Å². The fourth-order valence-electron chi connectivity index (χ4n) is 3.19. The zero-order valence-corrected chi connectivity index (χ0v) is 15.9. The molecule has 0 bridgehead atoms. The van der Waals surface area contributed by atoms with E-state index in [0.717, 1.165) is 29.5 Å². The molecule has 1 saturated heterocycles. The summed E-state index contributed by atoms with van der Waals surface area (Å²) in [5, 5.41) is 0. The summed E-state index contributed by atoms with van der Waals surface area (Å²) in [5.41, 5.74) is 1.09. The molecule has 0 amide bonds. The first-order chi connectivity index (χ1) is 12.9. The van der Waals surface area contributed by atoms with Gasteiger partial charge in [0.2, 0.25) is 10.0 Å². The van der Waals surface area contributed by atoms with Crippen LogP contribution in [0.1, 0.15) is 12.0 Å². The van der Waals surface area contributed by atoms with Crippen LogP contribution in [0, 0.1) is 11.6 Å². The number of nitrogens with zero attached hydrogens (tertiary/aromatic N) is 2. The molecule has 5 nitrogen and oxygen atoms in total. The number of hydrogen-bond donors (Lipinski definition) is 0. The van der Waals surface area contributed by atoms with Crippen molar-refractivity contribution in [3.05, 3.63) is 59.7 Å². The molecule has 0 radical (unpaired) electrons. The smallest absolute Gasteiger partial charge is 0.248 e. The van der Waals surface area contributed by atoms with Gasteiger partial charge in [0.05, 0.1) is 7.11 Å².